The number of rotatable bonds is 3. The fourth-order valence-electron chi connectivity index (χ4n) is 2.18. The maximum atomic E-state index is 12.8. The Hall–Kier alpha value is -0.850. The Morgan fingerprint density at radius 2 is 1.68 bits per heavy atom. The van der Waals surface area contributed by atoms with E-state index in [-0.39, 0.29) is 6.42 Å². The molecule has 0 heterocycles. The van der Waals surface area contributed by atoms with E-state index in [1.165, 1.54) is 6.07 Å². The van der Waals surface area contributed by atoms with Crippen molar-refractivity contribution in [3.63, 3.8) is 0 Å². The summed E-state index contributed by atoms with van der Waals surface area (Å²) >= 11 is 6.57. The van der Waals surface area contributed by atoms with Gasteiger partial charge in [-0.15, -0.1) is 0 Å². The Labute approximate surface area is 143 Å². The molecule has 22 heavy (non-hydrogen) atoms. The van der Waals surface area contributed by atoms with Gasteiger partial charge in [-0.1, -0.05) is 44.0 Å². The molecule has 0 radical (unpaired) electrons. The Balaban J connectivity index is 2.37. The summed E-state index contributed by atoms with van der Waals surface area (Å²) in [6, 6.07) is 10.5. The van der Waals surface area contributed by atoms with Gasteiger partial charge in [-0.25, -0.2) is 0 Å². The molecule has 6 heteroatoms. The Kier molecular flexibility index (Phi) is 5.04. The lowest BCUT2D eigenvalue weighted by Crippen LogP contribution is -2.24. The van der Waals surface area contributed by atoms with Gasteiger partial charge in [0.1, 0.15) is 0 Å². The summed E-state index contributed by atoms with van der Waals surface area (Å²) in [6.07, 6.45) is -4.34. The molecule has 2 aromatic rings. The largest absolute Gasteiger partial charge is 0.416 e. The van der Waals surface area contributed by atoms with E-state index >= 15 is 0 Å². The predicted molar refractivity (Wildman–Crippen MR) is 86.6 cm³/mol. The molecule has 1 N–H and O–H groups in total. The highest BCUT2D eigenvalue weighted by molar-refractivity contribution is 9.10. The van der Waals surface area contributed by atoms with Crippen LogP contribution in [0, 0.1) is 0 Å². The average molecular weight is 438 g/mol. The van der Waals surface area contributed by atoms with E-state index in [1.807, 2.05) is 6.07 Å². The first-order valence-electron chi connectivity index (χ1n) is 6.44. The molecule has 0 aliphatic rings. The van der Waals surface area contributed by atoms with E-state index in [9.17, 15) is 18.3 Å². The molecule has 0 saturated heterocycles. The molecule has 118 valence electrons. The third kappa shape index (κ3) is 4.12. The van der Waals surface area contributed by atoms with Gasteiger partial charge in [0.2, 0.25) is 0 Å². The van der Waals surface area contributed by atoms with Gasteiger partial charge in [-0.3, -0.25) is 0 Å². The van der Waals surface area contributed by atoms with Crippen LogP contribution in [0.2, 0.25) is 0 Å². The van der Waals surface area contributed by atoms with E-state index in [1.54, 1.807) is 25.1 Å². The van der Waals surface area contributed by atoms with E-state index < -0.39 is 17.3 Å². The highest BCUT2D eigenvalue weighted by Crippen LogP contribution is 2.35. The maximum Gasteiger partial charge on any atom is 0.416 e. The SMILES string of the molecule is C[C@](O)(Cc1cc(C(F)(F)F)ccc1Br)c1cccc(Br)c1. The second-order valence-electron chi connectivity index (χ2n) is 5.26. The van der Waals surface area contributed by atoms with Crippen LogP contribution in [0.5, 0.6) is 0 Å². The van der Waals surface area contributed by atoms with Crippen LogP contribution in [0.25, 0.3) is 0 Å². The van der Waals surface area contributed by atoms with Crippen LogP contribution < -0.4 is 0 Å². The van der Waals surface area contributed by atoms with E-state index in [4.69, 9.17) is 0 Å². The molecule has 0 aliphatic heterocycles. The molecule has 1 nitrogen and oxygen atoms in total. The second-order valence-corrected chi connectivity index (χ2v) is 7.03. The van der Waals surface area contributed by atoms with Crippen molar-refractivity contribution in [2.24, 2.45) is 0 Å². The van der Waals surface area contributed by atoms with Crippen molar-refractivity contribution in [1.82, 2.24) is 0 Å². The Morgan fingerprint density at radius 3 is 2.27 bits per heavy atom. The van der Waals surface area contributed by atoms with Crippen molar-refractivity contribution in [3.05, 3.63) is 68.1 Å². The Morgan fingerprint density at radius 1 is 1.00 bits per heavy atom. The molecule has 0 aliphatic carbocycles. The number of halogens is 5. The fourth-order valence-corrected chi connectivity index (χ4v) is 2.97. The zero-order chi connectivity index (χ0) is 16.5. The predicted octanol–water partition coefficient (Wildman–Crippen LogP) is 5.68. The smallest absolute Gasteiger partial charge is 0.385 e. The average Bonchev–Trinajstić information content (AvgIpc) is 2.40. The minimum absolute atomic E-state index is 0.0634. The number of alkyl halides is 3. The molecule has 2 aromatic carbocycles. The standard InChI is InChI=1S/C16H13Br2F3O/c1-15(22,11-3-2-4-13(17)8-11)9-10-7-12(16(19,20)21)5-6-14(10)18/h2-8,22H,9H2,1H3/t15-/m0/s1. The maximum absolute atomic E-state index is 12.8. The second kappa shape index (κ2) is 6.34. The van der Waals surface area contributed by atoms with E-state index in [2.05, 4.69) is 31.9 Å². The summed E-state index contributed by atoms with van der Waals surface area (Å²) in [5.74, 6) is 0. The van der Waals surface area contributed by atoms with Crippen molar-refractivity contribution in [3.8, 4) is 0 Å². The third-order valence-electron chi connectivity index (χ3n) is 3.35. The van der Waals surface area contributed by atoms with Gasteiger partial charge >= 0.3 is 6.18 Å². The fraction of sp³-hybridized carbons (Fsp3) is 0.250. The molecule has 0 unspecified atom stereocenters. The molecule has 0 fully saturated rings. The van der Waals surface area contributed by atoms with Crippen LogP contribution in [-0.4, -0.2) is 5.11 Å². The minimum atomic E-state index is -4.41. The van der Waals surface area contributed by atoms with Crippen molar-refractivity contribution in [2.75, 3.05) is 0 Å². The molecule has 0 amide bonds. The van der Waals surface area contributed by atoms with Crippen LogP contribution in [0.15, 0.2) is 51.4 Å². The first-order valence-corrected chi connectivity index (χ1v) is 8.02. The summed E-state index contributed by atoms with van der Waals surface area (Å²) in [7, 11) is 0. The lowest BCUT2D eigenvalue weighted by Gasteiger charge is -2.25. The van der Waals surface area contributed by atoms with Crippen LogP contribution >= 0.6 is 31.9 Å². The van der Waals surface area contributed by atoms with Gasteiger partial charge in [0.05, 0.1) is 11.2 Å². The normalized spacial score (nSPS) is 14.7. The molecule has 0 spiro atoms. The zero-order valence-corrected chi connectivity index (χ0v) is 14.8. The van der Waals surface area contributed by atoms with Crippen LogP contribution in [0.4, 0.5) is 13.2 Å². The monoisotopic (exact) mass is 436 g/mol. The van der Waals surface area contributed by atoms with Crippen LogP contribution in [0.3, 0.4) is 0 Å². The van der Waals surface area contributed by atoms with Crippen LogP contribution in [-0.2, 0) is 18.2 Å². The van der Waals surface area contributed by atoms with Gasteiger partial charge in [-0.05, 0) is 48.4 Å². The third-order valence-corrected chi connectivity index (χ3v) is 4.62. The van der Waals surface area contributed by atoms with Gasteiger partial charge in [-0.2, -0.15) is 13.2 Å². The summed E-state index contributed by atoms with van der Waals surface area (Å²) in [5.41, 5.74) is -0.974. The summed E-state index contributed by atoms with van der Waals surface area (Å²) in [6.45, 7) is 1.58. The van der Waals surface area contributed by atoms with Gasteiger partial charge < -0.3 is 5.11 Å². The molecular formula is C16H13Br2F3O. The first-order chi connectivity index (χ1) is 10.1. The number of hydrogen-bond donors (Lipinski definition) is 1. The Bertz CT molecular complexity index is 681. The number of hydrogen-bond acceptors (Lipinski definition) is 1. The van der Waals surface area contributed by atoms with Gasteiger partial charge in [0.25, 0.3) is 0 Å². The van der Waals surface area contributed by atoms with E-state index in [0.717, 1.165) is 16.6 Å². The van der Waals surface area contributed by atoms with Gasteiger partial charge in [0.15, 0.2) is 0 Å². The van der Waals surface area contributed by atoms with Crippen molar-refractivity contribution in [2.45, 2.75) is 25.1 Å². The lowest BCUT2D eigenvalue weighted by atomic mass is 9.88. The van der Waals surface area contributed by atoms with E-state index in [0.29, 0.717) is 15.6 Å². The minimum Gasteiger partial charge on any atom is -0.385 e. The van der Waals surface area contributed by atoms with Crippen molar-refractivity contribution < 1.29 is 18.3 Å². The van der Waals surface area contributed by atoms with Crippen LogP contribution in [0.1, 0.15) is 23.6 Å². The number of benzene rings is 2. The molecule has 2 rings (SSSR count). The topological polar surface area (TPSA) is 20.2 Å². The highest BCUT2D eigenvalue weighted by Gasteiger charge is 2.32. The molecule has 0 aromatic heterocycles. The summed E-state index contributed by atoms with van der Waals surface area (Å²) in [5, 5.41) is 10.7. The summed E-state index contributed by atoms with van der Waals surface area (Å²) < 4.78 is 39.8. The lowest BCUT2D eigenvalue weighted by molar-refractivity contribution is -0.137. The van der Waals surface area contributed by atoms with Crippen molar-refractivity contribution in [1.29, 1.82) is 0 Å². The number of aliphatic hydroxyl groups is 1. The highest BCUT2D eigenvalue weighted by atomic mass is 79.9. The molecular weight excluding hydrogens is 425 g/mol. The zero-order valence-electron chi connectivity index (χ0n) is 11.6. The molecule has 1 atom stereocenters. The quantitative estimate of drug-likeness (QED) is 0.654. The first kappa shape index (κ1) is 17.5. The molecule has 0 bridgehead atoms. The van der Waals surface area contributed by atoms with Crippen molar-refractivity contribution >= 4 is 31.9 Å². The van der Waals surface area contributed by atoms with Gasteiger partial charge in [0, 0.05) is 15.4 Å². The molecule has 0 saturated carbocycles. The summed E-state index contributed by atoms with van der Waals surface area (Å²) in [4.78, 5) is 0.